The third-order valence-electron chi connectivity index (χ3n) is 2.32. The van der Waals surface area contributed by atoms with Crippen LogP contribution in [0.1, 0.15) is 0 Å². The Labute approximate surface area is 78.6 Å². The van der Waals surface area contributed by atoms with Gasteiger partial charge in [-0.25, -0.2) is 4.98 Å². The molecule has 0 saturated heterocycles. The van der Waals surface area contributed by atoms with Crippen LogP contribution in [0.15, 0.2) is 35.5 Å². The Morgan fingerprint density at radius 1 is 1.14 bits per heavy atom. The summed E-state index contributed by atoms with van der Waals surface area (Å²) in [5, 5.41) is 0.673. The molecule has 0 fully saturated rings. The van der Waals surface area contributed by atoms with Gasteiger partial charge in [0.05, 0.1) is 17.4 Å². The van der Waals surface area contributed by atoms with E-state index in [1.807, 2.05) is 6.07 Å². The van der Waals surface area contributed by atoms with E-state index in [-0.39, 0.29) is 5.43 Å². The zero-order valence-electron chi connectivity index (χ0n) is 7.24. The summed E-state index contributed by atoms with van der Waals surface area (Å²) in [6.07, 6.45) is 3.26. The molecule has 1 aromatic carbocycles. The van der Waals surface area contributed by atoms with Crippen molar-refractivity contribution in [3.8, 4) is 0 Å². The molecular formula is C10H7N3O. The van der Waals surface area contributed by atoms with E-state index in [1.165, 1.54) is 6.07 Å². The SMILES string of the molecule is O=c1cc[nH]c2c1ccc1[nH]cnc12. The number of hydrogen-bond acceptors (Lipinski definition) is 2. The minimum atomic E-state index is 0.0173. The van der Waals surface area contributed by atoms with Crippen LogP contribution in [0.4, 0.5) is 0 Å². The van der Waals surface area contributed by atoms with Crippen LogP contribution in [0.3, 0.4) is 0 Å². The molecule has 0 amide bonds. The van der Waals surface area contributed by atoms with E-state index in [1.54, 1.807) is 18.6 Å². The molecule has 4 nitrogen and oxygen atoms in total. The average Bonchev–Trinajstić information content (AvgIpc) is 2.66. The number of aromatic nitrogens is 3. The van der Waals surface area contributed by atoms with Crippen LogP contribution in [-0.4, -0.2) is 15.0 Å². The summed E-state index contributed by atoms with van der Waals surface area (Å²) in [6, 6.07) is 5.18. The maximum atomic E-state index is 11.5. The van der Waals surface area contributed by atoms with Gasteiger partial charge in [0.15, 0.2) is 5.43 Å². The molecule has 2 N–H and O–H groups in total. The highest BCUT2D eigenvalue weighted by atomic mass is 16.1. The van der Waals surface area contributed by atoms with Crippen LogP contribution in [0.25, 0.3) is 21.9 Å². The normalized spacial score (nSPS) is 11.1. The maximum Gasteiger partial charge on any atom is 0.189 e. The molecule has 14 heavy (non-hydrogen) atoms. The van der Waals surface area contributed by atoms with Gasteiger partial charge in [-0.2, -0.15) is 0 Å². The molecule has 0 radical (unpaired) electrons. The molecular weight excluding hydrogens is 178 g/mol. The second-order valence-corrected chi connectivity index (χ2v) is 3.13. The first kappa shape index (κ1) is 7.32. The number of rotatable bonds is 0. The predicted molar refractivity (Wildman–Crippen MR) is 54.2 cm³/mol. The fourth-order valence-corrected chi connectivity index (χ4v) is 1.65. The Hall–Kier alpha value is -2.10. The van der Waals surface area contributed by atoms with E-state index in [0.717, 1.165) is 16.6 Å². The smallest absolute Gasteiger partial charge is 0.189 e. The van der Waals surface area contributed by atoms with Crippen LogP contribution in [0.5, 0.6) is 0 Å². The molecule has 0 saturated carbocycles. The largest absolute Gasteiger partial charge is 0.359 e. The van der Waals surface area contributed by atoms with E-state index >= 15 is 0 Å². The number of pyridine rings is 1. The van der Waals surface area contributed by atoms with Crippen LogP contribution in [0, 0.1) is 0 Å². The molecule has 0 aliphatic rings. The maximum absolute atomic E-state index is 11.5. The Morgan fingerprint density at radius 2 is 2.07 bits per heavy atom. The van der Waals surface area contributed by atoms with Crippen molar-refractivity contribution in [2.45, 2.75) is 0 Å². The summed E-state index contributed by atoms with van der Waals surface area (Å²) in [7, 11) is 0. The fraction of sp³-hybridized carbons (Fsp3) is 0. The highest BCUT2D eigenvalue weighted by molar-refractivity contribution is 6.00. The van der Waals surface area contributed by atoms with E-state index in [2.05, 4.69) is 15.0 Å². The van der Waals surface area contributed by atoms with Gasteiger partial charge in [-0.05, 0) is 12.1 Å². The van der Waals surface area contributed by atoms with Gasteiger partial charge in [-0.3, -0.25) is 4.79 Å². The van der Waals surface area contributed by atoms with E-state index in [0.29, 0.717) is 5.39 Å². The topological polar surface area (TPSA) is 61.5 Å². The zero-order valence-corrected chi connectivity index (χ0v) is 7.24. The van der Waals surface area contributed by atoms with Crippen molar-refractivity contribution >= 4 is 21.9 Å². The molecule has 0 aliphatic heterocycles. The average molecular weight is 185 g/mol. The lowest BCUT2D eigenvalue weighted by molar-refractivity contribution is 1.34. The Morgan fingerprint density at radius 3 is 3.00 bits per heavy atom. The Balaban J connectivity index is 2.71. The van der Waals surface area contributed by atoms with Gasteiger partial charge in [-0.1, -0.05) is 0 Å². The summed E-state index contributed by atoms with van der Waals surface area (Å²) >= 11 is 0. The molecule has 0 unspecified atom stereocenters. The lowest BCUT2D eigenvalue weighted by Crippen LogP contribution is -1.99. The van der Waals surface area contributed by atoms with Crippen molar-refractivity contribution in [2.24, 2.45) is 0 Å². The number of H-pyrrole nitrogens is 2. The number of hydrogen-bond donors (Lipinski definition) is 2. The highest BCUT2D eigenvalue weighted by Crippen LogP contribution is 2.17. The Kier molecular flexibility index (Phi) is 1.28. The van der Waals surface area contributed by atoms with Crippen molar-refractivity contribution in [2.75, 3.05) is 0 Å². The van der Waals surface area contributed by atoms with Gasteiger partial charge in [0, 0.05) is 17.6 Å². The molecule has 2 aromatic heterocycles. The van der Waals surface area contributed by atoms with Gasteiger partial charge in [-0.15, -0.1) is 0 Å². The van der Waals surface area contributed by atoms with Crippen LogP contribution in [0.2, 0.25) is 0 Å². The van der Waals surface area contributed by atoms with E-state index in [9.17, 15) is 4.79 Å². The summed E-state index contributed by atoms with van der Waals surface area (Å²) in [6.45, 7) is 0. The summed E-state index contributed by atoms with van der Waals surface area (Å²) in [4.78, 5) is 21.7. The number of nitrogens with one attached hydrogen (secondary N) is 2. The van der Waals surface area contributed by atoms with Gasteiger partial charge >= 0.3 is 0 Å². The molecule has 0 aliphatic carbocycles. The quantitative estimate of drug-likeness (QED) is 0.556. The zero-order chi connectivity index (χ0) is 9.54. The fourth-order valence-electron chi connectivity index (χ4n) is 1.65. The van der Waals surface area contributed by atoms with Gasteiger partial charge in [0.2, 0.25) is 0 Å². The lowest BCUT2D eigenvalue weighted by Gasteiger charge is -1.96. The summed E-state index contributed by atoms with van der Waals surface area (Å²) in [5.41, 5.74) is 2.54. The molecule has 3 aromatic rings. The number of benzene rings is 1. The first-order valence-corrected chi connectivity index (χ1v) is 4.30. The van der Waals surface area contributed by atoms with Gasteiger partial charge in [0.1, 0.15) is 5.52 Å². The first-order chi connectivity index (χ1) is 6.86. The van der Waals surface area contributed by atoms with Crippen molar-refractivity contribution in [3.05, 3.63) is 40.9 Å². The summed E-state index contributed by atoms with van der Waals surface area (Å²) in [5.74, 6) is 0. The van der Waals surface area contributed by atoms with Crippen molar-refractivity contribution < 1.29 is 0 Å². The monoisotopic (exact) mass is 185 g/mol. The molecule has 4 heteroatoms. The summed E-state index contributed by atoms with van der Waals surface area (Å²) < 4.78 is 0. The molecule has 68 valence electrons. The first-order valence-electron chi connectivity index (χ1n) is 4.30. The standard InChI is InChI=1S/C10H7N3O/c14-8-3-4-11-9-6(8)1-2-7-10(9)13-5-12-7/h1-5H,(H,11,14)(H,12,13). The molecule has 2 heterocycles. The van der Waals surface area contributed by atoms with Gasteiger partial charge < -0.3 is 9.97 Å². The number of aromatic amines is 2. The number of nitrogens with zero attached hydrogens (tertiary/aromatic N) is 1. The second kappa shape index (κ2) is 2.45. The van der Waals surface area contributed by atoms with Crippen molar-refractivity contribution in [1.29, 1.82) is 0 Å². The molecule has 0 bridgehead atoms. The minimum Gasteiger partial charge on any atom is -0.359 e. The van der Waals surface area contributed by atoms with E-state index < -0.39 is 0 Å². The highest BCUT2D eigenvalue weighted by Gasteiger charge is 2.03. The van der Waals surface area contributed by atoms with Crippen LogP contribution < -0.4 is 5.43 Å². The van der Waals surface area contributed by atoms with Crippen molar-refractivity contribution in [3.63, 3.8) is 0 Å². The molecule has 0 atom stereocenters. The Bertz CT molecular complexity index is 665. The molecule has 0 spiro atoms. The van der Waals surface area contributed by atoms with E-state index in [4.69, 9.17) is 0 Å². The lowest BCUT2D eigenvalue weighted by atomic mass is 10.2. The van der Waals surface area contributed by atoms with Crippen molar-refractivity contribution in [1.82, 2.24) is 15.0 Å². The second-order valence-electron chi connectivity index (χ2n) is 3.13. The third kappa shape index (κ3) is 0.821. The van der Waals surface area contributed by atoms with Gasteiger partial charge in [0.25, 0.3) is 0 Å². The number of imidazole rings is 1. The van der Waals surface area contributed by atoms with Crippen LogP contribution in [-0.2, 0) is 0 Å². The van der Waals surface area contributed by atoms with Crippen LogP contribution >= 0.6 is 0 Å². The molecule has 3 rings (SSSR count). The minimum absolute atomic E-state index is 0.0173. The third-order valence-corrected chi connectivity index (χ3v) is 2.32. The predicted octanol–water partition coefficient (Wildman–Crippen LogP) is 1.40. The number of fused-ring (bicyclic) bond motifs is 3.